The lowest BCUT2D eigenvalue weighted by molar-refractivity contribution is -0.144. The Morgan fingerprint density at radius 1 is 1.25 bits per heavy atom. The van der Waals surface area contributed by atoms with Gasteiger partial charge in [-0.2, -0.15) is 0 Å². The van der Waals surface area contributed by atoms with Crippen LogP contribution in [0.2, 0.25) is 0 Å². The second-order valence-corrected chi connectivity index (χ2v) is 5.46. The maximum atomic E-state index is 11.5. The first-order chi connectivity index (χ1) is 7.68. The van der Waals surface area contributed by atoms with Gasteiger partial charge in [-0.15, -0.1) is 0 Å². The molecule has 0 bridgehead atoms. The molecule has 0 atom stereocenters. The van der Waals surface area contributed by atoms with Crippen LogP contribution in [0.3, 0.4) is 0 Å². The zero-order valence-corrected chi connectivity index (χ0v) is 10.8. The summed E-state index contributed by atoms with van der Waals surface area (Å²) in [6, 6.07) is 0. The molecule has 1 fully saturated rings. The topological polar surface area (TPSA) is 26.3 Å². The molecule has 94 valence electrons. The van der Waals surface area contributed by atoms with Crippen molar-refractivity contribution >= 4 is 5.97 Å². The van der Waals surface area contributed by atoms with Crippen LogP contribution >= 0.6 is 0 Å². The van der Waals surface area contributed by atoms with E-state index in [9.17, 15) is 4.79 Å². The van der Waals surface area contributed by atoms with Crippen molar-refractivity contribution in [1.29, 1.82) is 0 Å². The Kier molecular flexibility index (Phi) is 6.51. The van der Waals surface area contributed by atoms with Gasteiger partial charge in [-0.25, -0.2) is 0 Å². The molecule has 2 heteroatoms. The maximum absolute atomic E-state index is 11.5. The minimum atomic E-state index is 0.0245. The van der Waals surface area contributed by atoms with E-state index in [0.29, 0.717) is 18.9 Å². The Bertz CT molecular complexity index is 193. The van der Waals surface area contributed by atoms with E-state index in [-0.39, 0.29) is 5.97 Å². The van der Waals surface area contributed by atoms with Crippen molar-refractivity contribution in [1.82, 2.24) is 0 Å². The average Bonchev–Trinajstić information content (AvgIpc) is 2.69. The summed E-state index contributed by atoms with van der Waals surface area (Å²) in [5, 5.41) is 0. The Morgan fingerprint density at radius 3 is 2.56 bits per heavy atom. The van der Waals surface area contributed by atoms with Crippen LogP contribution in [0.1, 0.15) is 65.2 Å². The number of carbonyl (C=O) groups is 1. The van der Waals surface area contributed by atoms with Crippen LogP contribution < -0.4 is 0 Å². The minimum Gasteiger partial charge on any atom is -0.466 e. The summed E-state index contributed by atoms with van der Waals surface area (Å²) < 4.78 is 5.25. The molecule has 0 aromatic carbocycles. The molecule has 2 nitrogen and oxygen atoms in total. The summed E-state index contributed by atoms with van der Waals surface area (Å²) in [5.41, 5.74) is 0. The van der Waals surface area contributed by atoms with Crippen LogP contribution in [0.5, 0.6) is 0 Å². The lowest BCUT2D eigenvalue weighted by Gasteiger charge is -2.09. The van der Waals surface area contributed by atoms with Crippen LogP contribution in [0.4, 0.5) is 0 Å². The molecule has 0 amide bonds. The highest BCUT2D eigenvalue weighted by Gasteiger charge is 2.18. The molecule has 1 saturated carbocycles. The first-order valence-corrected chi connectivity index (χ1v) is 6.84. The van der Waals surface area contributed by atoms with Gasteiger partial charge in [-0.3, -0.25) is 4.79 Å². The number of hydrogen-bond donors (Lipinski definition) is 0. The highest BCUT2D eigenvalue weighted by atomic mass is 16.5. The van der Waals surface area contributed by atoms with Gasteiger partial charge in [0.15, 0.2) is 0 Å². The van der Waals surface area contributed by atoms with E-state index in [1.54, 1.807) is 0 Å². The summed E-state index contributed by atoms with van der Waals surface area (Å²) in [7, 11) is 0. The van der Waals surface area contributed by atoms with Crippen molar-refractivity contribution in [2.24, 2.45) is 11.8 Å². The maximum Gasteiger partial charge on any atom is 0.306 e. The van der Waals surface area contributed by atoms with E-state index < -0.39 is 0 Å². The summed E-state index contributed by atoms with van der Waals surface area (Å²) in [5.74, 6) is 1.40. The monoisotopic (exact) mass is 226 g/mol. The molecule has 0 saturated heterocycles. The first kappa shape index (κ1) is 13.5. The highest BCUT2D eigenvalue weighted by molar-refractivity contribution is 5.69. The van der Waals surface area contributed by atoms with Gasteiger partial charge in [0.25, 0.3) is 0 Å². The molecule has 0 heterocycles. The SMILES string of the molecule is CC(C)CCCCOC(=O)CC1CCCC1. The lowest BCUT2D eigenvalue weighted by Crippen LogP contribution is -2.10. The van der Waals surface area contributed by atoms with Crippen molar-refractivity contribution in [2.75, 3.05) is 6.61 Å². The van der Waals surface area contributed by atoms with Crippen LogP contribution in [-0.4, -0.2) is 12.6 Å². The smallest absolute Gasteiger partial charge is 0.306 e. The van der Waals surface area contributed by atoms with E-state index in [0.717, 1.165) is 12.3 Å². The molecule has 0 radical (unpaired) electrons. The fraction of sp³-hybridized carbons (Fsp3) is 0.929. The molecular weight excluding hydrogens is 200 g/mol. The third-order valence-corrected chi connectivity index (χ3v) is 3.37. The molecule has 0 aromatic heterocycles. The Morgan fingerprint density at radius 2 is 1.94 bits per heavy atom. The van der Waals surface area contributed by atoms with Crippen molar-refractivity contribution < 1.29 is 9.53 Å². The fourth-order valence-corrected chi connectivity index (χ4v) is 2.35. The molecular formula is C14H26O2. The molecule has 0 N–H and O–H groups in total. The van der Waals surface area contributed by atoms with Gasteiger partial charge in [-0.1, -0.05) is 33.1 Å². The minimum absolute atomic E-state index is 0.0245. The number of hydrogen-bond acceptors (Lipinski definition) is 2. The summed E-state index contributed by atoms with van der Waals surface area (Å²) in [6.07, 6.45) is 9.14. The van der Waals surface area contributed by atoms with Crippen molar-refractivity contribution in [3.8, 4) is 0 Å². The van der Waals surface area contributed by atoms with E-state index in [1.807, 2.05) is 0 Å². The largest absolute Gasteiger partial charge is 0.466 e. The van der Waals surface area contributed by atoms with Gasteiger partial charge < -0.3 is 4.74 Å². The lowest BCUT2D eigenvalue weighted by atomic mass is 10.0. The molecule has 0 aliphatic heterocycles. The van der Waals surface area contributed by atoms with Gasteiger partial charge in [0.2, 0.25) is 0 Å². The molecule has 1 aliphatic rings. The standard InChI is InChI=1S/C14H26O2/c1-12(2)7-5-6-10-16-14(15)11-13-8-3-4-9-13/h12-13H,3-11H2,1-2H3. The molecule has 1 rings (SSSR count). The van der Waals surface area contributed by atoms with E-state index in [1.165, 1.54) is 38.5 Å². The summed E-state index contributed by atoms with van der Waals surface area (Å²) in [6.45, 7) is 5.08. The zero-order valence-electron chi connectivity index (χ0n) is 10.8. The van der Waals surface area contributed by atoms with Crippen LogP contribution in [0.15, 0.2) is 0 Å². The van der Waals surface area contributed by atoms with E-state index in [2.05, 4.69) is 13.8 Å². The van der Waals surface area contributed by atoms with Gasteiger partial charge in [0.05, 0.1) is 6.61 Å². The molecule has 0 aromatic rings. The quantitative estimate of drug-likeness (QED) is 0.485. The predicted octanol–water partition coefficient (Wildman–Crippen LogP) is 3.94. The number of ether oxygens (including phenoxy) is 1. The second kappa shape index (κ2) is 7.70. The van der Waals surface area contributed by atoms with Gasteiger partial charge in [0, 0.05) is 6.42 Å². The molecule has 1 aliphatic carbocycles. The number of rotatable bonds is 7. The van der Waals surface area contributed by atoms with E-state index in [4.69, 9.17) is 4.74 Å². The zero-order chi connectivity index (χ0) is 11.8. The van der Waals surface area contributed by atoms with Crippen molar-refractivity contribution in [3.63, 3.8) is 0 Å². The first-order valence-electron chi connectivity index (χ1n) is 6.84. The van der Waals surface area contributed by atoms with Crippen molar-refractivity contribution in [3.05, 3.63) is 0 Å². The van der Waals surface area contributed by atoms with Crippen LogP contribution in [0, 0.1) is 11.8 Å². The second-order valence-electron chi connectivity index (χ2n) is 5.46. The predicted molar refractivity (Wildman–Crippen MR) is 66.2 cm³/mol. The Hall–Kier alpha value is -0.530. The fourth-order valence-electron chi connectivity index (χ4n) is 2.35. The van der Waals surface area contributed by atoms with Gasteiger partial charge in [0.1, 0.15) is 0 Å². The Balaban J connectivity index is 1.93. The molecule has 0 spiro atoms. The highest BCUT2D eigenvalue weighted by Crippen LogP contribution is 2.27. The Labute approximate surface area is 99.8 Å². The van der Waals surface area contributed by atoms with Gasteiger partial charge >= 0.3 is 5.97 Å². The van der Waals surface area contributed by atoms with Crippen LogP contribution in [0.25, 0.3) is 0 Å². The molecule has 0 unspecified atom stereocenters. The average molecular weight is 226 g/mol. The number of carbonyl (C=O) groups excluding carboxylic acids is 1. The molecule has 16 heavy (non-hydrogen) atoms. The third-order valence-electron chi connectivity index (χ3n) is 3.37. The third kappa shape index (κ3) is 6.14. The number of unbranched alkanes of at least 4 members (excludes halogenated alkanes) is 1. The van der Waals surface area contributed by atoms with E-state index >= 15 is 0 Å². The van der Waals surface area contributed by atoms with Gasteiger partial charge in [-0.05, 0) is 37.5 Å². The summed E-state index contributed by atoms with van der Waals surface area (Å²) in [4.78, 5) is 11.5. The van der Waals surface area contributed by atoms with Crippen LogP contribution in [-0.2, 0) is 9.53 Å². The normalized spacial score (nSPS) is 16.9. The number of esters is 1. The summed E-state index contributed by atoms with van der Waals surface area (Å²) >= 11 is 0. The van der Waals surface area contributed by atoms with Crippen molar-refractivity contribution in [2.45, 2.75) is 65.2 Å².